The van der Waals surface area contributed by atoms with Crippen molar-refractivity contribution in [2.24, 2.45) is 0 Å². The summed E-state index contributed by atoms with van der Waals surface area (Å²) in [5.41, 5.74) is 0. The molecule has 72 valence electrons. The first kappa shape index (κ1) is 9.99. The van der Waals surface area contributed by atoms with Crippen molar-refractivity contribution in [2.75, 3.05) is 12.3 Å². The van der Waals surface area contributed by atoms with Gasteiger partial charge in [0.1, 0.15) is 0 Å². The van der Waals surface area contributed by atoms with Crippen LogP contribution in [0.15, 0.2) is 0 Å². The second kappa shape index (κ2) is 3.75. The van der Waals surface area contributed by atoms with Crippen LogP contribution in [0.3, 0.4) is 0 Å². The summed E-state index contributed by atoms with van der Waals surface area (Å²) in [4.78, 5) is 0. The van der Waals surface area contributed by atoms with E-state index in [0.29, 0.717) is 0 Å². The van der Waals surface area contributed by atoms with Crippen LogP contribution in [-0.4, -0.2) is 31.1 Å². The maximum absolute atomic E-state index is 11.5. The smallest absolute Gasteiger partial charge is 0.212 e. The fourth-order valence-electron chi connectivity index (χ4n) is 1.75. The number of nitrogens with zero attached hydrogens (tertiary/aromatic N) is 1. The lowest BCUT2D eigenvalue weighted by Crippen LogP contribution is -2.36. The van der Waals surface area contributed by atoms with E-state index in [9.17, 15) is 8.42 Å². The van der Waals surface area contributed by atoms with E-state index in [-0.39, 0.29) is 11.8 Å². The van der Waals surface area contributed by atoms with Gasteiger partial charge in [0, 0.05) is 12.6 Å². The van der Waals surface area contributed by atoms with E-state index in [0.717, 1.165) is 25.8 Å². The maximum Gasteiger partial charge on any atom is 0.214 e. The molecule has 0 amide bonds. The molecule has 0 unspecified atom stereocenters. The summed E-state index contributed by atoms with van der Waals surface area (Å²) < 4.78 is 24.7. The first-order chi connectivity index (χ1) is 5.61. The average Bonchev–Trinajstić information content (AvgIpc) is 2.52. The van der Waals surface area contributed by atoms with Gasteiger partial charge in [0.15, 0.2) is 0 Å². The lowest BCUT2D eigenvalue weighted by molar-refractivity contribution is 0.380. The second-order valence-electron chi connectivity index (χ2n) is 3.22. The molecule has 1 heterocycles. The van der Waals surface area contributed by atoms with E-state index < -0.39 is 10.0 Å². The van der Waals surface area contributed by atoms with Gasteiger partial charge in [-0.15, -0.1) is 0 Å². The second-order valence-corrected chi connectivity index (χ2v) is 5.43. The van der Waals surface area contributed by atoms with Crippen molar-refractivity contribution in [1.29, 1.82) is 0 Å². The van der Waals surface area contributed by atoms with Crippen molar-refractivity contribution in [3.05, 3.63) is 0 Å². The summed E-state index contributed by atoms with van der Waals surface area (Å²) in [5.74, 6) is 0.240. The molecule has 0 radical (unpaired) electrons. The Morgan fingerprint density at radius 3 is 2.58 bits per heavy atom. The molecule has 0 aromatic heterocycles. The molecule has 0 aliphatic carbocycles. The molecule has 0 aromatic carbocycles. The number of hydrogen-bond donors (Lipinski definition) is 0. The number of sulfonamides is 1. The summed E-state index contributed by atoms with van der Waals surface area (Å²) in [6.45, 7) is 4.49. The Kier molecular flexibility index (Phi) is 3.12. The number of rotatable bonds is 3. The highest BCUT2D eigenvalue weighted by Crippen LogP contribution is 2.23. The summed E-state index contributed by atoms with van der Waals surface area (Å²) in [6.07, 6.45) is 3.01. The normalized spacial score (nSPS) is 26.3. The Balaban J connectivity index is 2.74. The van der Waals surface area contributed by atoms with Gasteiger partial charge in [-0.05, 0) is 26.2 Å². The Morgan fingerprint density at radius 1 is 1.42 bits per heavy atom. The molecule has 0 bridgehead atoms. The van der Waals surface area contributed by atoms with E-state index in [1.807, 2.05) is 6.92 Å². The molecule has 0 saturated carbocycles. The minimum absolute atomic E-state index is 0.240. The number of hydrogen-bond acceptors (Lipinski definition) is 2. The van der Waals surface area contributed by atoms with Gasteiger partial charge in [-0.3, -0.25) is 0 Å². The van der Waals surface area contributed by atoms with Gasteiger partial charge in [0.05, 0.1) is 5.75 Å². The third-order valence-electron chi connectivity index (χ3n) is 2.52. The molecule has 1 saturated heterocycles. The van der Waals surface area contributed by atoms with E-state index in [1.165, 1.54) is 0 Å². The van der Waals surface area contributed by atoms with Crippen molar-refractivity contribution in [2.45, 2.75) is 39.2 Å². The third-order valence-corrected chi connectivity index (χ3v) is 4.44. The molecular weight excluding hydrogens is 174 g/mol. The van der Waals surface area contributed by atoms with Gasteiger partial charge in [-0.25, -0.2) is 8.42 Å². The van der Waals surface area contributed by atoms with Crippen LogP contribution in [0.5, 0.6) is 0 Å². The van der Waals surface area contributed by atoms with Crippen LogP contribution in [0.25, 0.3) is 0 Å². The standard InChI is InChI=1S/C8H17NO2S/c1-3-8-6-5-7-9(8)12(10,11)4-2/h8H,3-7H2,1-2H3/t8-/m0/s1. The third kappa shape index (κ3) is 1.80. The fraction of sp³-hybridized carbons (Fsp3) is 1.00. The van der Waals surface area contributed by atoms with E-state index in [4.69, 9.17) is 0 Å². The maximum atomic E-state index is 11.5. The van der Waals surface area contributed by atoms with Crippen LogP contribution in [0.2, 0.25) is 0 Å². The minimum Gasteiger partial charge on any atom is -0.212 e. The highest BCUT2D eigenvalue weighted by molar-refractivity contribution is 7.89. The zero-order valence-electron chi connectivity index (χ0n) is 7.78. The molecule has 0 spiro atoms. The highest BCUT2D eigenvalue weighted by atomic mass is 32.2. The summed E-state index contributed by atoms with van der Waals surface area (Å²) in [7, 11) is -2.93. The average molecular weight is 191 g/mol. The molecular formula is C8H17NO2S. The molecule has 0 N–H and O–H groups in total. The first-order valence-electron chi connectivity index (χ1n) is 4.61. The molecule has 12 heavy (non-hydrogen) atoms. The van der Waals surface area contributed by atoms with Crippen LogP contribution in [0, 0.1) is 0 Å². The Morgan fingerprint density at radius 2 is 2.08 bits per heavy atom. The Bertz CT molecular complexity index is 235. The zero-order chi connectivity index (χ0) is 9.19. The zero-order valence-corrected chi connectivity index (χ0v) is 8.60. The first-order valence-corrected chi connectivity index (χ1v) is 6.22. The van der Waals surface area contributed by atoms with Crippen LogP contribution >= 0.6 is 0 Å². The molecule has 1 aliphatic heterocycles. The monoisotopic (exact) mass is 191 g/mol. The van der Waals surface area contributed by atoms with Crippen molar-refractivity contribution < 1.29 is 8.42 Å². The fourth-order valence-corrected chi connectivity index (χ4v) is 3.20. The van der Waals surface area contributed by atoms with Crippen molar-refractivity contribution >= 4 is 10.0 Å². The quantitative estimate of drug-likeness (QED) is 0.672. The molecule has 1 rings (SSSR count). The van der Waals surface area contributed by atoms with Gasteiger partial charge in [-0.2, -0.15) is 4.31 Å². The van der Waals surface area contributed by atoms with Crippen LogP contribution < -0.4 is 0 Å². The lowest BCUT2D eigenvalue weighted by atomic mass is 10.2. The lowest BCUT2D eigenvalue weighted by Gasteiger charge is -2.21. The van der Waals surface area contributed by atoms with Gasteiger partial charge in [-0.1, -0.05) is 6.92 Å². The van der Waals surface area contributed by atoms with Crippen molar-refractivity contribution in [3.8, 4) is 0 Å². The summed E-state index contributed by atoms with van der Waals surface area (Å²) in [5, 5.41) is 0. The summed E-state index contributed by atoms with van der Waals surface area (Å²) in [6, 6.07) is 0.273. The largest absolute Gasteiger partial charge is 0.214 e. The summed E-state index contributed by atoms with van der Waals surface area (Å²) >= 11 is 0. The van der Waals surface area contributed by atoms with Crippen LogP contribution in [0.4, 0.5) is 0 Å². The van der Waals surface area contributed by atoms with Gasteiger partial charge >= 0.3 is 0 Å². The van der Waals surface area contributed by atoms with Gasteiger partial charge in [0.25, 0.3) is 0 Å². The molecule has 4 heteroatoms. The minimum atomic E-state index is -2.93. The van der Waals surface area contributed by atoms with E-state index >= 15 is 0 Å². The highest BCUT2D eigenvalue weighted by Gasteiger charge is 2.31. The SMILES string of the molecule is CC[C@H]1CCCN1S(=O)(=O)CC. The van der Waals surface area contributed by atoms with E-state index in [1.54, 1.807) is 11.2 Å². The molecule has 1 atom stereocenters. The Labute approximate surface area is 74.8 Å². The van der Waals surface area contributed by atoms with Gasteiger partial charge in [0.2, 0.25) is 10.0 Å². The predicted molar refractivity (Wildman–Crippen MR) is 49.5 cm³/mol. The molecule has 0 aromatic rings. The Hall–Kier alpha value is -0.0900. The van der Waals surface area contributed by atoms with Crippen molar-refractivity contribution in [1.82, 2.24) is 4.31 Å². The predicted octanol–water partition coefficient (Wildman–Crippen LogP) is 1.21. The molecule has 1 aliphatic rings. The van der Waals surface area contributed by atoms with E-state index in [2.05, 4.69) is 0 Å². The molecule has 3 nitrogen and oxygen atoms in total. The topological polar surface area (TPSA) is 37.4 Å². The van der Waals surface area contributed by atoms with Crippen LogP contribution in [-0.2, 0) is 10.0 Å². The molecule has 1 fully saturated rings. The van der Waals surface area contributed by atoms with Crippen LogP contribution in [0.1, 0.15) is 33.1 Å². The van der Waals surface area contributed by atoms with Gasteiger partial charge < -0.3 is 0 Å². The van der Waals surface area contributed by atoms with Crippen molar-refractivity contribution in [3.63, 3.8) is 0 Å².